The van der Waals surface area contributed by atoms with Crippen LogP contribution in [0.1, 0.15) is 0 Å². The molecule has 0 amide bonds. The molecule has 3 nitrogen and oxygen atoms in total. The quantitative estimate of drug-likeness (QED) is 0.793. The van der Waals surface area contributed by atoms with E-state index in [1.165, 1.54) is 12.1 Å². The molecule has 0 saturated heterocycles. The van der Waals surface area contributed by atoms with Gasteiger partial charge in [-0.3, -0.25) is 0 Å². The van der Waals surface area contributed by atoms with E-state index in [-0.39, 0.29) is 5.75 Å². The molecule has 0 aliphatic rings. The van der Waals surface area contributed by atoms with Crippen LogP contribution in [0.5, 0.6) is 5.75 Å². The summed E-state index contributed by atoms with van der Waals surface area (Å²) in [7, 11) is -3.69. The Labute approximate surface area is 81.1 Å². The molecule has 1 atom stereocenters. The van der Waals surface area contributed by atoms with Gasteiger partial charge in [-0.1, -0.05) is 18.2 Å². The number of hydrogen-bond acceptors (Lipinski definition) is 2. The van der Waals surface area contributed by atoms with E-state index in [9.17, 15) is 4.57 Å². The molecule has 13 heavy (non-hydrogen) atoms. The second kappa shape index (κ2) is 3.97. The molecule has 0 radical (unpaired) electrons. The zero-order valence-electron chi connectivity index (χ0n) is 6.68. The molecule has 1 aromatic rings. The second-order valence-corrected chi connectivity index (χ2v) is 4.40. The van der Waals surface area contributed by atoms with Crippen molar-refractivity contribution in [3.8, 4) is 5.75 Å². The average molecular weight is 219 g/mol. The molecule has 0 aliphatic heterocycles. The van der Waals surface area contributed by atoms with Crippen LogP contribution in [0.4, 0.5) is 0 Å². The second-order valence-electron chi connectivity index (χ2n) is 2.29. The maximum Gasteiger partial charge on any atom is 0.400 e. The van der Waals surface area contributed by atoms with E-state index in [0.29, 0.717) is 5.02 Å². The van der Waals surface area contributed by atoms with Crippen LogP contribution in [0.2, 0.25) is 5.02 Å². The van der Waals surface area contributed by atoms with Crippen LogP contribution in [0.3, 0.4) is 0 Å². The summed E-state index contributed by atoms with van der Waals surface area (Å²) in [4.78, 5) is 9.03. The Kier molecular flexibility index (Phi) is 3.15. The molecule has 1 N–H and O–H groups in total. The summed E-state index contributed by atoms with van der Waals surface area (Å²) in [5, 5.41) is 0.540. The Bertz CT molecular complexity index is 347. The molecular formula is C8H8ClO3P. The summed E-state index contributed by atoms with van der Waals surface area (Å²) >= 11 is 5.61. The lowest BCUT2D eigenvalue weighted by molar-refractivity contribution is 0.392. The van der Waals surface area contributed by atoms with E-state index in [0.717, 1.165) is 5.82 Å². The fourth-order valence-corrected chi connectivity index (χ4v) is 1.31. The van der Waals surface area contributed by atoms with Crippen LogP contribution < -0.4 is 4.52 Å². The van der Waals surface area contributed by atoms with Crippen molar-refractivity contribution >= 4 is 19.2 Å². The highest BCUT2D eigenvalue weighted by Crippen LogP contribution is 2.43. The summed E-state index contributed by atoms with van der Waals surface area (Å²) in [5.74, 6) is 1.16. The highest BCUT2D eigenvalue weighted by Gasteiger charge is 2.14. The average Bonchev–Trinajstić information content (AvgIpc) is 2.09. The normalized spacial score (nSPS) is 14.6. The first-order valence-corrected chi connectivity index (χ1v) is 5.47. The van der Waals surface area contributed by atoms with Crippen LogP contribution in [-0.4, -0.2) is 4.89 Å². The molecule has 0 spiro atoms. The van der Waals surface area contributed by atoms with Gasteiger partial charge in [0.2, 0.25) is 0 Å². The van der Waals surface area contributed by atoms with Crippen molar-refractivity contribution in [3.05, 3.63) is 41.7 Å². The van der Waals surface area contributed by atoms with Crippen LogP contribution in [0, 0.1) is 0 Å². The van der Waals surface area contributed by atoms with Crippen molar-refractivity contribution in [2.45, 2.75) is 0 Å². The maximum atomic E-state index is 11.0. The molecule has 70 valence electrons. The van der Waals surface area contributed by atoms with Crippen molar-refractivity contribution in [1.82, 2.24) is 0 Å². The Morgan fingerprint density at radius 2 is 2.00 bits per heavy atom. The highest BCUT2D eigenvalue weighted by atomic mass is 35.5. The molecule has 1 rings (SSSR count). The van der Waals surface area contributed by atoms with Gasteiger partial charge in [-0.15, -0.1) is 0 Å². The first-order valence-electron chi connectivity index (χ1n) is 3.45. The first-order chi connectivity index (χ1) is 6.03. The fourth-order valence-electron chi connectivity index (χ4n) is 0.684. The van der Waals surface area contributed by atoms with Gasteiger partial charge in [0.05, 0.1) is 0 Å². The van der Waals surface area contributed by atoms with Gasteiger partial charge in [-0.25, -0.2) is 4.57 Å². The monoisotopic (exact) mass is 218 g/mol. The predicted octanol–water partition coefficient (Wildman–Crippen LogP) is 3.05. The third kappa shape index (κ3) is 3.23. The molecule has 5 heteroatoms. The standard InChI is InChI=1S/C8H8ClO3P/c1-2-13(10,11)12-8-5-3-7(9)4-6-8/h2-6H,1H2,(H,10,11). The minimum atomic E-state index is -3.69. The lowest BCUT2D eigenvalue weighted by atomic mass is 10.3. The lowest BCUT2D eigenvalue weighted by Gasteiger charge is -2.08. The Morgan fingerprint density at radius 3 is 2.46 bits per heavy atom. The van der Waals surface area contributed by atoms with E-state index >= 15 is 0 Å². The summed E-state index contributed by atoms with van der Waals surface area (Å²) in [6.45, 7) is 3.18. The van der Waals surface area contributed by atoms with E-state index in [2.05, 4.69) is 6.58 Å². The molecule has 0 aromatic heterocycles. The Balaban J connectivity index is 2.81. The van der Waals surface area contributed by atoms with Crippen molar-refractivity contribution in [2.75, 3.05) is 0 Å². The SMILES string of the molecule is C=CP(=O)(O)Oc1ccc(Cl)cc1. The van der Waals surface area contributed by atoms with Crippen LogP contribution in [-0.2, 0) is 4.57 Å². The van der Waals surface area contributed by atoms with E-state index in [1.54, 1.807) is 12.1 Å². The number of benzene rings is 1. The molecule has 0 saturated carbocycles. The van der Waals surface area contributed by atoms with Gasteiger partial charge < -0.3 is 9.42 Å². The lowest BCUT2D eigenvalue weighted by Crippen LogP contribution is -1.87. The molecule has 1 aromatic carbocycles. The van der Waals surface area contributed by atoms with Crippen LogP contribution in [0.25, 0.3) is 0 Å². The van der Waals surface area contributed by atoms with E-state index < -0.39 is 7.60 Å². The number of halogens is 1. The summed E-state index contributed by atoms with van der Waals surface area (Å²) in [6, 6.07) is 6.16. The molecular weight excluding hydrogens is 211 g/mol. The highest BCUT2D eigenvalue weighted by molar-refractivity contribution is 7.56. The minimum absolute atomic E-state index is 0.287. The fraction of sp³-hybridized carbons (Fsp3) is 0. The van der Waals surface area contributed by atoms with E-state index in [4.69, 9.17) is 21.0 Å². The first kappa shape index (κ1) is 10.3. The third-order valence-electron chi connectivity index (χ3n) is 1.28. The van der Waals surface area contributed by atoms with Gasteiger partial charge in [0.25, 0.3) is 0 Å². The predicted molar refractivity (Wildman–Crippen MR) is 52.1 cm³/mol. The largest absolute Gasteiger partial charge is 0.422 e. The summed E-state index contributed by atoms with van der Waals surface area (Å²) in [5.41, 5.74) is 0. The molecule has 1 unspecified atom stereocenters. The van der Waals surface area contributed by atoms with Gasteiger partial charge in [0, 0.05) is 10.8 Å². The van der Waals surface area contributed by atoms with Gasteiger partial charge in [0.1, 0.15) is 5.75 Å². The Morgan fingerprint density at radius 1 is 1.46 bits per heavy atom. The zero-order chi connectivity index (χ0) is 9.90. The molecule has 0 bridgehead atoms. The molecule has 0 fully saturated rings. The number of hydrogen-bond donors (Lipinski definition) is 1. The van der Waals surface area contributed by atoms with Crippen molar-refractivity contribution < 1.29 is 14.0 Å². The minimum Gasteiger partial charge on any atom is -0.422 e. The molecule has 0 heterocycles. The summed E-state index contributed by atoms with van der Waals surface area (Å²) in [6.07, 6.45) is 0. The van der Waals surface area contributed by atoms with Crippen LogP contribution >= 0.6 is 19.2 Å². The van der Waals surface area contributed by atoms with Gasteiger partial charge in [0.15, 0.2) is 0 Å². The van der Waals surface area contributed by atoms with E-state index in [1.807, 2.05) is 0 Å². The van der Waals surface area contributed by atoms with Crippen LogP contribution in [0.15, 0.2) is 36.7 Å². The van der Waals surface area contributed by atoms with Gasteiger partial charge in [-0.05, 0) is 24.3 Å². The van der Waals surface area contributed by atoms with Crippen molar-refractivity contribution in [1.29, 1.82) is 0 Å². The third-order valence-corrected chi connectivity index (χ3v) is 2.47. The van der Waals surface area contributed by atoms with Crippen molar-refractivity contribution in [2.24, 2.45) is 0 Å². The maximum absolute atomic E-state index is 11.0. The van der Waals surface area contributed by atoms with Gasteiger partial charge in [-0.2, -0.15) is 0 Å². The van der Waals surface area contributed by atoms with Gasteiger partial charge >= 0.3 is 7.60 Å². The van der Waals surface area contributed by atoms with Crippen molar-refractivity contribution in [3.63, 3.8) is 0 Å². The molecule has 0 aliphatic carbocycles. The number of rotatable bonds is 3. The zero-order valence-corrected chi connectivity index (χ0v) is 8.33. The summed E-state index contributed by atoms with van der Waals surface area (Å²) < 4.78 is 15.8. The topological polar surface area (TPSA) is 46.5 Å². The smallest absolute Gasteiger partial charge is 0.400 e. The Hall–Kier alpha value is -0.760.